The van der Waals surface area contributed by atoms with Crippen LogP contribution in [-0.4, -0.2) is 40.1 Å². The van der Waals surface area contributed by atoms with E-state index in [4.69, 9.17) is 0 Å². The molecule has 0 bridgehead atoms. The monoisotopic (exact) mass is 972 g/mol. The van der Waals surface area contributed by atoms with Gasteiger partial charge in [0.2, 0.25) is 0 Å². The van der Waals surface area contributed by atoms with E-state index in [2.05, 4.69) is 233 Å². The molecular weight excluding hydrogens is 874 g/mol. The maximum atomic E-state index is 3.06. The number of fused-ring (bicyclic) bond motifs is 1. The van der Waals surface area contributed by atoms with Gasteiger partial charge >= 0.3 is 0 Å². The highest BCUT2D eigenvalue weighted by Gasteiger charge is 3.09. The van der Waals surface area contributed by atoms with Crippen molar-refractivity contribution >= 4 is 48.8 Å². The number of nitrogens with zero attached hydrogens (tertiary/aromatic N) is 1. The van der Waals surface area contributed by atoms with Gasteiger partial charge in [-0.25, -0.2) is 0 Å². The highest BCUT2D eigenvalue weighted by Crippen LogP contribution is 2.99. The molecule has 2 fully saturated rings. The quantitative estimate of drug-likeness (QED) is 0.0753. The average Bonchev–Trinajstić information content (AvgIpc) is 4.09. The van der Waals surface area contributed by atoms with Gasteiger partial charge in [0.1, 0.15) is 14.0 Å². The van der Waals surface area contributed by atoms with Crippen LogP contribution < -0.4 is 20.7 Å². The minimum absolute atomic E-state index is 0.413. The number of hydrogen-bond acceptors (Lipinski definition) is 1. The lowest BCUT2D eigenvalue weighted by Gasteiger charge is -2.48. The molecule has 4 aromatic carbocycles. The van der Waals surface area contributed by atoms with Gasteiger partial charge in [-0.05, 0) is 173 Å². The zero-order chi connectivity index (χ0) is 50.5. The van der Waals surface area contributed by atoms with Gasteiger partial charge in [-0.3, -0.25) is 0 Å². The molecule has 0 spiro atoms. The molecule has 2 saturated heterocycles. The Balaban J connectivity index is 2.10. The second-order valence-corrected chi connectivity index (χ2v) is 62.7. The fourth-order valence-corrected chi connectivity index (χ4v) is 157. The van der Waals surface area contributed by atoms with Crippen LogP contribution >= 0.6 is 6.57 Å². The van der Waals surface area contributed by atoms with Gasteiger partial charge in [-0.15, -0.1) is 6.57 Å². The molecule has 0 saturated carbocycles. The van der Waals surface area contributed by atoms with E-state index < -0.39 is 28.0 Å². The van der Waals surface area contributed by atoms with Crippen LogP contribution in [-0.2, 0) is 0 Å². The van der Waals surface area contributed by atoms with Crippen LogP contribution in [0.5, 0.6) is 0 Å². The SMILES string of the molecule is CC(C)c1cc(C(C)C)c([Si]2(c3c(C(C)C)cc(C(C)C)cc3C(C)C)P3[Si](c4c(C(C)C)cc(C(C)C)cc4C(C)C)(N(C)C)[Si]32c2c(C(C)C)cc(C(C)C)cc2C(C)C)c(C(C)C)c1. The van der Waals surface area contributed by atoms with Gasteiger partial charge < -0.3 is 4.57 Å². The van der Waals surface area contributed by atoms with E-state index in [9.17, 15) is 0 Å². The van der Waals surface area contributed by atoms with Crippen molar-refractivity contribution in [2.24, 2.45) is 0 Å². The maximum absolute atomic E-state index is 3.06. The zero-order valence-electron chi connectivity index (χ0n) is 47.9. The molecule has 0 aliphatic carbocycles. The summed E-state index contributed by atoms with van der Waals surface area (Å²) < 4.78 is 3.06. The third kappa shape index (κ3) is 8.29. The summed E-state index contributed by atoms with van der Waals surface area (Å²) in [5, 5.41) is 7.72. The lowest BCUT2D eigenvalue weighted by molar-refractivity contribution is 0.656. The third-order valence-corrected chi connectivity index (χ3v) is 95.7. The van der Waals surface area contributed by atoms with Gasteiger partial charge in [0.05, 0.1) is 0 Å². The Hall–Kier alpha value is -2.08. The predicted molar refractivity (Wildman–Crippen MR) is 311 cm³/mol. The van der Waals surface area contributed by atoms with E-state index in [-0.39, 0.29) is 0 Å². The first-order valence-corrected chi connectivity index (χ1v) is 39.0. The first kappa shape index (κ1) is 54.3. The van der Waals surface area contributed by atoms with E-state index in [1.54, 1.807) is 50.1 Å². The normalized spacial score (nSPS) is 20.4. The van der Waals surface area contributed by atoms with Crippen LogP contribution in [0.4, 0.5) is 0 Å². The molecule has 6 rings (SSSR count). The molecule has 1 nitrogen and oxygen atoms in total. The van der Waals surface area contributed by atoms with Gasteiger partial charge in [0.25, 0.3) is 0 Å². The lowest BCUT2D eigenvalue weighted by atomic mass is 9.89. The summed E-state index contributed by atoms with van der Waals surface area (Å²) in [7, 11) is 0.106. The molecule has 3 atom stereocenters. The van der Waals surface area contributed by atoms with Gasteiger partial charge in [-0.2, -0.15) is 0 Å². The number of rotatable bonds is 17. The summed E-state index contributed by atoms with van der Waals surface area (Å²) in [4.78, 5) is 0. The molecule has 2 aliphatic rings. The van der Waals surface area contributed by atoms with Gasteiger partial charge in [0, 0.05) is 0 Å². The first-order chi connectivity index (χ1) is 31.0. The fourth-order valence-electron chi connectivity index (χ4n) is 12.8. The average molecular weight is 973 g/mol. The Labute approximate surface area is 417 Å². The molecule has 0 radical (unpaired) electrons. The zero-order valence-corrected chi connectivity index (χ0v) is 51.8. The summed E-state index contributed by atoms with van der Waals surface area (Å²) in [5.41, 5.74) is 19.8. The largest absolute Gasteiger partial charge is 0.324 e. The van der Waals surface area contributed by atoms with Crippen molar-refractivity contribution in [3.8, 4) is 0 Å². The van der Waals surface area contributed by atoms with E-state index >= 15 is 0 Å². The Kier molecular flexibility index (Phi) is 15.8. The summed E-state index contributed by atoms with van der Waals surface area (Å²) in [6.07, 6.45) is 0. The third-order valence-electron chi connectivity index (χ3n) is 16.5. The standard InChI is InChI=1S/C62H98NPSi3/c1-35(2)47-27-51(39(9)10)59(52(28-47)40(11)12)65(60-53(41(13)14)29-48(36(3)4)30-54(60)42(15)16)64-66(63(25)26,61-55(43(17)18)31-49(37(5)6)32-56(61)44(19)20)67(64,65)62-57(45(21)22)33-50(38(7)8)34-58(62)46(23)24/h27-46H,1-26H3. The van der Waals surface area contributed by atoms with Crippen molar-refractivity contribution in [1.82, 2.24) is 4.57 Å². The minimum atomic E-state index is -2.65. The molecule has 2 aliphatic heterocycles. The lowest BCUT2D eigenvalue weighted by Crippen LogP contribution is -2.80. The first-order valence-electron chi connectivity index (χ1n) is 27.2. The Bertz CT molecular complexity index is 2270. The Morgan fingerprint density at radius 1 is 0.284 bits per heavy atom. The Morgan fingerprint density at radius 3 is 0.657 bits per heavy atom. The van der Waals surface area contributed by atoms with Gasteiger partial charge in [0.15, 0.2) is 7.42 Å². The molecule has 5 heteroatoms. The summed E-state index contributed by atoms with van der Waals surface area (Å²) in [6.45, 7) is 57.4. The number of hydrogen-bond donors (Lipinski definition) is 0. The molecule has 2 heterocycles. The highest BCUT2D eigenvalue weighted by atomic mass is 32.1. The minimum Gasteiger partial charge on any atom is -0.324 e. The summed E-state index contributed by atoms with van der Waals surface area (Å²) in [5.74, 6) is 5.49. The Morgan fingerprint density at radius 2 is 0.478 bits per heavy atom. The molecule has 0 amide bonds. The van der Waals surface area contributed by atoms with Crippen LogP contribution in [0, 0.1) is 0 Å². The molecular formula is C62H98NPSi3. The second-order valence-electron chi connectivity index (χ2n) is 25.5. The molecule has 4 aromatic rings. The molecule has 3 unspecified atom stereocenters. The summed E-state index contributed by atoms with van der Waals surface area (Å²) in [6, 6.07) is 22.2. The van der Waals surface area contributed by atoms with E-state index in [1.165, 1.54) is 16.7 Å². The number of benzene rings is 4. The van der Waals surface area contributed by atoms with E-state index in [0.29, 0.717) is 71.0 Å². The van der Waals surface area contributed by atoms with E-state index in [1.807, 2.05) is 20.7 Å². The van der Waals surface area contributed by atoms with Crippen molar-refractivity contribution in [2.45, 2.75) is 237 Å². The van der Waals surface area contributed by atoms with Crippen LogP contribution in [0.2, 0.25) is 0 Å². The maximum Gasteiger partial charge on any atom is 0.176 e. The predicted octanol–water partition coefficient (Wildman–Crippen LogP) is 16.7. The van der Waals surface area contributed by atoms with Crippen molar-refractivity contribution < 1.29 is 0 Å². The van der Waals surface area contributed by atoms with Crippen LogP contribution in [0.25, 0.3) is 0 Å². The van der Waals surface area contributed by atoms with Crippen molar-refractivity contribution in [1.29, 1.82) is 0 Å². The molecule has 0 aromatic heterocycles. The van der Waals surface area contributed by atoms with Gasteiger partial charge in [-0.1, -0.05) is 215 Å². The van der Waals surface area contributed by atoms with Crippen LogP contribution in [0.3, 0.4) is 0 Å². The topological polar surface area (TPSA) is 3.24 Å². The van der Waals surface area contributed by atoms with Crippen molar-refractivity contribution in [3.63, 3.8) is 0 Å². The smallest absolute Gasteiger partial charge is 0.176 e. The second kappa shape index (κ2) is 19.5. The van der Waals surface area contributed by atoms with Crippen LogP contribution in [0.15, 0.2) is 48.5 Å². The van der Waals surface area contributed by atoms with Crippen LogP contribution in [0.1, 0.15) is 304 Å². The molecule has 368 valence electrons. The highest BCUT2D eigenvalue weighted by molar-refractivity contribution is 8.95. The summed E-state index contributed by atoms with van der Waals surface area (Å²) >= 11 is 0. The van der Waals surface area contributed by atoms with Crippen molar-refractivity contribution in [2.75, 3.05) is 14.1 Å². The molecule has 67 heavy (non-hydrogen) atoms. The van der Waals surface area contributed by atoms with Crippen molar-refractivity contribution in [3.05, 3.63) is 115 Å². The van der Waals surface area contributed by atoms with E-state index in [0.717, 1.165) is 0 Å². The molecule has 0 N–H and O–H groups in total. The fraction of sp³-hybridized carbons (Fsp3) is 0.613.